The zero-order chi connectivity index (χ0) is 24.9. The number of aromatic nitrogens is 1. The average molecular weight is 470 g/mol. The molecule has 1 saturated carbocycles. The van der Waals surface area contributed by atoms with Crippen molar-refractivity contribution in [3.05, 3.63) is 59.5 Å². The van der Waals surface area contributed by atoms with E-state index < -0.39 is 22.4 Å². The van der Waals surface area contributed by atoms with Crippen molar-refractivity contribution >= 4 is 16.9 Å². The maximum Gasteiger partial charge on any atom is 0.306 e. The quantitative estimate of drug-likeness (QED) is 0.416. The Morgan fingerprint density at radius 2 is 1.71 bits per heavy atom. The number of aliphatic hydroxyl groups is 2. The summed E-state index contributed by atoms with van der Waals surface area (Å²) in [5.41, 5.74) is 0.662. The van der Waals surface area contributed by atoms with E-state index in [4.69, 9.17) is 0 Å². The number of benzene rings is 2. The Hall–Kier alpha value is -2.90. The van der Waals surface area contributed by atoms with Crippen LogP contribution in [0.5, 0.6) is 5.75 Å². The molecule has 0 radical (unpaired) electrons. The molecule has 7 heteroatoms. The van der Waals surface area contributed by atoms with E-state index >= 15 is 0 Å². The van der Waals surface area contributed by atoms with E-state index in [-0.39, 0.29) is 24.6 Å². The van der Waals surface area contributed by atoms with Gasteiger partial charge in [0.15, 0.2) is 0 Å². The Kier molecular flexibility index (Phi) is 5.98. The van der Waals surface area contributed by atoms with Crippen LogP contribution in [0.15, 0.2) is 42.5 Å². The summed E-state index contributed by atoms with van der Waals surface area (Å²) in [6.45, 7) is 5.77. The maximum atomic E-state index is 13.7. The predicted molar refractivity (Wildman–Crippen MR) is 128 cm³/mol. The number of carbonyl (C=O) groups is 1. The van der Waals surface area contributed by atoms with Crippen LogP contribution < -0.4 is 0 Å². The minimum absolute atomic E-state index is 0.107. The molecule has 1 aliphatic carbocycles. The number of aromatic hydroxyl groups is 1. The monoisotopic (exact) mass is 469 g/mol. The number of fused-ring (bicyclic) bond motifs is 1. The maximum absolute atomic E-state index is 13.7. The Morgan fingerprint density at radius 1 is 1.09 bits per heavy atom. The Labute approximate surface area is 198 Å². The normalized spacial score (nSPS) is 23.4. The summed E-state index contributed by atoms with van der Waals surface area (Å²) < 4.78 is 15.7. The highest BCUT2D eigenvalue weighted by molar-refractivity contribution is 5.94. The lowest BCUT2D eigenvalue weighted by molar-refractivity contribution is -0.144. The van der Waals surface area contributed by atoms with E-state index in [0.717, 1.165) is 16.8 Å². The van der Waals surface area contributed by atoms with E-state index in [1.54, 1.807) is 24.3 Å². The van der Waals surface area contributed by atoms with Crippen molar-refractivity contribution < 1.29 is 29.6 Å². The van der Waals surface area contributed by atoms with Crippen LogP contribution in [0, 0.1) is 5.82 Å². The van der Waals surface area contributed by atoms with Gasteiger partial charge in [-0.05, 0) is 73.1 Å². The van der Waals surface area contributed by atoms with Crippen molar-refractivity contribution in [1.29, 1.82) is 0 Å². The molecular formula is C27H32FNO5. The fraction of sp³-hybridized carbons (Fsp3) is 0.444. The zero-order valence-corrected chi connectivity index (χ0v) is 19.8. The minimum Gasteiger partial charge on any atom is -0.507 e. The topological polar surface area (TPSA) is 103 Å². The molecule has 34 heavy (non-hydrogen) atoms. The Bertz CT molecular complexity index is 1220. The van der Waals surface area contributed by atoms with Gasteiger partial charge in [-0.2, -0.15) is 0 Å². The number of carboxylic acid groups (broad SMARTS) is 1. The smallest absolute Gasteiger partial charge is 0.306 e. The van der Waals surface area contributed by atoms with Crippen LogP contribution in [0.1, 0.15) is 64.1 Å². The van der Waals surface area contributed by atoms with Gasteiger partial charge in [0.1, 0.15) is 11.6 Å². The van der Waals surface area contributed by atoms with E-state index in [2.05, 4.69) is 6.92 Å². The summed E-state index contributed by atoms with van der Waals surface area (Å²) >= 11 is 0. The van der Waals surface area contributed by atoms with Crippen molar-refractivity contribution in [3.63, 3.8) is 0 Å². The van der Waals surface area contributed by atoms with Gasteiger partial charge < -0.3 is 25.0 Å². The summed E-state index contributed by atoms with van der Waals surface area (Å²) in [5.74, 6) is -1.28. The number of halogens is 1. The summed E-state index contributed by atoms with van der Waals surface area (Å²) in [4.78, 5) is 11.3. The molecule has 0 amide bonds. The molecule has 0 saturated heterocycles. The van der Waals surface area contributed by atoms with Gasteiger partial charge in [0.25, 0.3) is 0 Å². The highest BCUT2D eigenvalue weighted by atomic mass is 19.1. The molecule has 0 spiro atoms. The van der Waals surface area contributed by atoms with Crippen LogP contribution in [0.25, 0.3) is 16.6 Å². The fourth-order valence-electron chi connectivity index (χ4n) is 5.46. The molecule has 6 nitrogen and oxygen atoms in total. The summed E-state index contributed by atoms with van der Waals surface area (Å²) in [6.07, 6.45) is 1.35. The molecule has 1 heterocycles. The van der Waals surface area contributed by atoms with Crippen LogP contribution in [0.3, 0.4) is 0 Å². The van der Waals surface area contributed by atoms with Crippen molar-refractivity contribution in [2.75, 3.05) is 6.61 Å². The SMILES string of the molecule is CC(C)(CO)c1c([C@]2(C)CC[C@@](O)(CC(=O)O)CC2)c2c(O)cccc2n1-c1ccc(F)cc1. The van der Waals surface area contributed by atoms with E-state index in [0.29, 0.717) is 36.8 Å². The predicted octanol–water partition coefficient (Wildman–Crippen LogP) is 4.78. The second kappa shape index (κ2) is 8.40. The number of phenols is 1. The summed E-state index contributed by atoms with van der Waals surface area (Å²) in [5, 5.41) is 42.2. The molecule has 1 fully saturated rings. The fourth-order valence-corrected chi connectivity index (χ4v) is 5.46. The highest BCUT2D eigenvalue weighted by Crippen LogP contribution is 2.52. The van der Waals surface area contributed by atoms with Gasteiger partial charge in [-0.25, -0.2) is 4.39 Å². The number of carboxylic acids is 1. The van der Waals surface area contributed by atoms with Crippen molar-refractivity contribution in [1.82, 2.24) is 4.57 Å². The number of hydrogen-bond donors (Lipinski definition) is 4. The molecule has 1 aromatic heterocycles. The molecule has 3 aromatic rings. The first kappa shape index (κ1) is 24.2. The van der Waals surface area contributed by atoms with Gasteiger partial charge >= 0.3 is 5.97 Å². The Balaban J connectivity index is 2.00. The first-order valence-corrected chi connectivity index (χ1v) is 11.6. The van der Waals surface area contributed by atoms with Crippen molar-refractivity contribution in [2.45, 2.75) is 69.3 Å². The lowest BCUT2D eigenvalue weighted by Crippen LogP contribution is -2.42. The number of phenolic OH excluding ortho intramolecular Hbond substituents is 1. The third-order valence-corrected chi connectivity index (χ3v) is 7.46. The van der Waals surface area contributed by atoms with E-state index in [1.165, 1.54) is 12.1 Å². The lowest BCUT2D eigenvalue weighted by Gasteiger charge is -2.43. The molecule has 2 aromatic carbocycles. The molecule has 4 rings (SSSR count). The van der Waals surface area contributed by atoms with Crippen LogP contribution in [-0.4, -0.2) is 43.2 Å². The molecule has 0 bridgehead atoms. The molecule has 0 unspecified atom stereocenters. The summed E-state index contributed by atoms with van der Waals surface area (Å²) in [7, 11) is 0. The second-order valence-corrected chi connectivity index (χ2v) is 10.6. The molecule has 1 aliphatic rings. The van der Waals surface area contributed by atoms with Gasteiger partial charge in [0, 0.05) is 22.2 Å². The van der Waals surface area contributed by atoms with Gasteiger partial charge in [-0.15, -0.1) is 0 Å². The van der Waals surface area contributed by atoms with Crippen LogP contribution in [0.4, 0.5) is 4.39 Å². The largest absolute Gasteiger partial charge is 0.507 e. The van der Waals surface area contributed by atoms with Gasteiger partial charge in [0.2, 0.25) is 0 Å². The van der Waals surface area contributed by atoms with Crippen LogP contribution >= 0.6 is 0 Å². The number of aliphatic hydroxyl groups excluding tert-OH is 1. The first-order chi connectivity index (χ1) is 15.9. The van der Waals surface area contributed by atoms with Crippen LogP contribution in [-0.2, 0) is 15.6 Å². The number of aliphatic carboxylic acids is 1. The summed E-state index contributed by atoms with van der Waals surface area (Å²) in [6, 6.07) is 11.4. The van der Waals surface area contributed by atoms with Crippen LogP contribution in [0.2, 0.25) is 0 Å². The number of hydrogen-bond acceptors (Lipinski definition) is 4. The molecular weight excluding hydrogens is 437 g/mol. The van der Waals surface area contributed by atoms with Gasteiger partial charge in [-0.1, -0.05) is 26.8 Å². The number of nitrogens with zero attached hydrogens (tertiary/aromatic N) is 1. The minimum atomic E-state index is -1.27. The van der Waals surface area contributed by atoms with E-state index in [1.807, 2.05) is 24.5 Å². The molecule has 0 aliphatic heterocycles. The lowest BCUT2D eigenvalue weighted by atomic mass is 9.63. The zero-order valence-electron chi connectivity index (χ0n) is 19.8. The third-order valence-electron chi connectivity index (χ3n) is 7.46. The van der Waals surface area contributed by atoms with Crippen molar-refractivity contribution in [3.8, 4) is 11.4 Å². The molecule has 4 N–H and O–H groups in total. The highest BCUT2D eigenvalue weighted by Gasteiger charge is 2.46. The molecule has 182 valence electrons. The third kappa shape index (κ3) is 4.07. The van der Waals surface area contributed by atoms with Gasteiger partial charge in [0.05, 0.1) is 24.1 Å². The van der Waals surface area contributed by atoms with Crippen molar-refractivity contribution in [2.24, 2.45) is 0 Å². The second-order valence-electron chi connectivity index (χ2n) is 10.6. The standard InChI is InChI=1S/C27H32FNO5/c1-25(2,16-30)24-23(26(3)11-13-27(34,14-12-26)15-21(32)33)22-19(5-4-6-20(22)31)29(24)18-9-7-17(28)8-10-18/h4-10,30-31,34H,11-16H2,1-3H3,(H,32,33)/t26-,27+. The van der Waals surface area contributed by atoms with E-state index in [9.17, 15) is 29.6 Å². The first-order valence-electron chi connectivity index (χ1n) is 11.6. The Morgan fingerprint density at radius 3 is 2.26 bits per heavy atom. The molecule has 0 atom stereocenters. The number of rotatable bonds is 6. The van der Waals surface area contributed by atoms with Gasteiger partial charge in [-0.3, -0.25) is 4.79 Å². The average Bonchev–Trinajstić information content (AvgIpc) is 3.14.